The predicted octanol–water partition coefficient (Wildman–Crippen LogP) is -0.0192. The summed E-state index contributed by atoms with van der Waals surface area (Å²) < 4.78 is 0. The highest BCUT2D eigenvalue weighted by Crippen LogP contribution is 2.29. The van der Waals surface area contributed by atoms with Crippen LogP contribution in [0.3, 0.4) is 0 Å². The molecular formula is C7H9N3O2. The molecule has 1 unspecified atom stereocenters. The maximum atomic E-state index is 10.8. The van der Waals surface area contributed by atoms with Crippen LogP contribution in [0, 0.1) is 0 Å². The van der Waals surface area contributed by atoms with Crippen LogP contribution < -0.4 is 0 Å². The molecule has 0 bridgehead atoms. The highest BCUT2D eigenvalue weighted by molar-refractivity contribution is 5.76. The first-order valence-electron chi connectivity index (χ1n) is 3.65. The molecule has 5 heteroatoms. The molecule has 0 aliphatic carbocycles. The molecule has 12 heavy (non-hydrogen) atoms. The van der Waals surface area contributed by atoms with Gasteiger partial charge in [-0.3, -0.25) is 14.8 Å². The standard InChI is InChI=1S/C7H9N3O2/c1-10-3-4-2-8-9-5(4)6(10)7(11)12/h2,6H,3H2,1H3,(H,8,9)(H,11,12). The van der Waals surface area contributed by atoms with Crippen LogP contribution in [0.15, 0.2) is 6.20 Å². The molecule has 0 amide bonds. The second-order valence-corrected chi connectivity index (χ2v) is 2.96. The number of nitrogens with zero attached hydrogens (tertiary/aromatic N) is 2. The Morgan fingerprint density at radius 3 is 3.33 bits per heavy atom. The molecule has 2 heterocycles. The average molecular weight is 167 g/mol. The van der Waals surface area contributed by atoms with Gasteiger partial charge in [0.25, 0.3) is 0 Å². The highest BCUT2D eigenvalue weighted by atomic mass is 16.4. The van der Waals surface area contributed by atoms with E-state index < -0.39 is 12.0 Å². The number of carboxylic acid groups (broad SMARTS) is 1. The van der Waals surface area contributed by atoms with Gasteiger partial charge in [0.1, 0.15) is 0 Å². The van der Waals surface area contributed by atoms with Crippen LogP contribution in [0.2, 0.25) is 0 Å². The number of likely N-dealkylation sites (N-methyl/N-ethyl adjacent to an activating group) is 1. The van der Waals surface area contributed by atoms with E-state index in [0.717, 1.165) is 5.56 Å². The van der Waals surface area contributed by atoms with Gasteiger partial charge < -0.3 is 5.11 Å². The Labute approximate surface area is 69.0 Å². The summed E-state index contributed by atoms with van der Waals surface area (Å²) in [6.07, 6.45) is 1.68. The molecule has 1 atom stereocenters. The van der Waals surface area contributed by atoms with E-state index in [-0.39, 0.29) is 0 Å². The fourth-order valence-electron chi connectivity index (χ4n) is 1.58. The molecule has 2 rings (SSSR count). The summed E-state index contributed by atoms with van der Waals surface area (Å²) in [5, 5.41) is 15.4. The Morgan fingerprint density at radius 2 is 2.67 bits per heavy atom. The first-order chi connectivity index (χ1) is 5.70. The summed E-state index contributed by atoms with van der Waals surface area (Å²) in [6.45, 7) is 0.656. The molecule has 0 saturated heterocycles. The fraction of sp³-hybridized carbons (Fsp3) is 0.429. The van der Waals surface area contributed by atoms with Gasteiger partial charge in [0.05, 0.1) is 11.9 Å². The minimum Gasteiger partial charge on any atom is -0.480 e. The van der Waals surface area contributed by atoms with Crippen molar-refractivity contribution in [3.63, 3.8) is 0 Å². The van der Waals surface area contributed by atoms with Crippen LogP contribution in [0.25, 0.3) is 0 Å². The summed E-state index contributed by atoms with van der Waals surface area (Å²) in [5.41, 5.74) is 1.69. The number of nitrogens with one attached hydrogen (secondary N) is 1. The van der Waals surface area contributed by atoms with Gasteiger partial charge in [-0.1, -0.05) is 0 Å². The number of H-pyrrole nitrogens is 1. The quantitative estimate of drug-likeness (QED) is 0.616. The molecule has 2 N–H and O–H groups in total. The van der Waals surface area contributed by atoms with Crippen molar-refractivity contribution in [2.45, 2.75) is 12.6 Å². The smallest absolute Gasteiger partial charge is 0.327 e. The molecule has 1 aromatic rings. The Kier molecular flexibility index (Phi) is 1.41. The van der Waals surface area contributed by atoms with Gasteiger partial charge in [0.2, 0.25) is 0 Å². The lowest BCUT2D eigenvalue weighted by Crippen LogP contribution is -2.24. The Morgan fingerprint density at radius 1 is 1.92 bits per heavy atom. The molecule has 0 saturated carbocycles. The minimum absolute atomic E-state index is 0.553. The van der Waals surface area contributed by atoms with Gasteiger partial charge in [-0.25, -0.2) is 0 Å². The summed E-state index contributed by atoms with van der Waals surface area (Å²) in [7, 11) is 1.78. The number of aromatic nitrogens is 2. The lowest BCUT2D eigenvalue weighted by molar-refractivity contribution is -0.142. The van der Waals surface area contributed by atoms with E-state index in [1.165, 1.54) is 0 Å². The van der Waals surface area contributed by atoms with Crippen molar-refractivity contribution in [2.24, 2.45) is 0 Å². The first-order valence-corrected chi connectivity index (χ1v) is 3.65. The van der Waals surface area contributed by atoms with E-state index in [1.54, 1.807) is 18.1 Å². The number of carboxylic acids is 1. The molecule has 0 spiro atoms. The highest BCUT2D eigenvalue weighted by Gasteiger charge is 2.34. The summed E-state index contributed by atoms with van der Waals surface area (Å²) in [6, 6.07) is -0.553. The fourth-order valence-corrected chi connectivity index (χ4v) is 1.58. The lowest BCUT2D eigenvalue weighted by Gasteiger charge is -2.14. The van der Waals surface area contributed by atoms with Crippen molar-refractivity contribution in [3.05, 3.63) is 17.5 Å². The normalized spacial score (nSPS) is 22.6. The third kappa shape index (κ3) is 0.831. The second-order valence-electron chi connectivity index (χ2n) is 2.96. The van der Waals surface area contributed by atoms with Gasteiger partial charge >= 0.3 is 5.97 Å². The Bertz CT molecular complexity index is 320. The van der Waals surface area contributed by atoms with Gasteiger partial charge in [-0.15, -0.1) is 0 Å². The predicted molar refractivity (Wildman–Crippen MR) is 40.4 cm³/mol. The largest absolute Gasteiger partial charge is 0.480 e. The molecule has 1 aliphatic heterocycles. The molecule has 5 nitrogen and oxygen atoms in total. The average Bonchev–Trinajstić information content (AvgIpc) is 2.44. The second kappa shape index (κ2) is 2.31. The minimum atomic E-state index is -0.833. The molecule has 0 radical (unpaired) electrons. The SMILES string of the molecule is CN1Cc2cn[nH]c2C1C(=O)O. The van der Waals surface area contributed by atoms with Crippen molar-refractivity contribution in [2.75, 3.05) is 7.05 Å². The van der Waals surface area contributed by atoms with Crippen LogP contribution in [-0.4, -0.2) is 33.2 Å². The Balaban J connectivity index is 2.41. The van der Waals surface area contributed by atoms with Crippen LogP contribution in [-0.2, 0) is 11.3 Å². The number of rotatable bonds is 1. The molecule has 0 aromatic carbocycles. The van der Waals surface area contributed by atoms with Crippen molar-refractivity contribution in [1.82, 2.24) is 15.1 Å². The monoisotopic (exact) mass is 167 g/mol. The molecule has 1 aromatic heterocycles. The maximum Gasteiger partial charge on any atom is 0.327 e. The van der Waals surface area contributed by atoms with Crippen molar-refractivity contribution >= 4 is 5.97 Å². The summed E-state index contributed by atoms with van der Waals surface area (Å²) in [5.74, 6) is -0.833. The van der Waals surface area contributed by atoms with E-state index in [1.807, 2.05) is 0 Å². The van der Waals surface area contributed by atoms with Gasteiger partial charge in [0.15, 0.2) is 6.04 Å². The molecular weight excluding hydrogens is 158 g/mol. The zero-order valence-corrected chi connectivity index (χ0v) is 6.61. The van der Waals surface area contributed by atoms with E-state index in [4.69, 9.17) is 5.11 Å². The van der Waals surface area contributed by atoms with Crippen LogP contribution in [0.4, 0.5) is 0 Å². The maximum absolute atomic E-state index is 10.8. The van der Waals surface area contributed by atoms with Crippen LogP contribution in [0.1, 0.15) is 17.3 Å². The van der Waals surface area contributed by atoms with E-state index in [2.05, 4.69) is 10.2 Å². The zero-order chi connectivity index (χ0) is 8.72. The first kappa shape index (κ1) is 7.30. The number of carbonyl (C=O) groups is 1. The third-order valence-corrected chi connectivity index (χ3v) is 2.12. The van der Waals surface area contributed by atoms with Crippen molar-refractivity contribution in [1.29, 1.82) is 0 Å². The molecule has 64 valence electrons. The molecule has 1 aliphatic rings. The van der Waals surface area contributed by atoms with E-state index in [0.29, 0.717) is 12.2 Å². The number of hydrogen-bond acceptors (Lipinski definition) is 3. The van der Waals surface area contributed by atoms with Gasteiger partial charge in [-0.05, 0) is 7.05 Å². The summed E-state index contributed by atoms with van der Waals surface area (Å²) >= 11 is 0. The number of fused-ring (bicyclic) bond motifs is 1. The van der Waals surface area contributed by atoms with Crippen molar-refractivity contribution in [3.8, 4) is 0 Å². The number of hydrogen-bond donors (Lipinski definition) is 2. The topological polar surface area (TPSA) is 69.2 Å². The van der Waals surface area contributed by atoms with Gasteiger partial charge in [-0.2, -0.15) is 5.10 Å². The van der Waals surface area contributed by atoms with Crippen LogP contribution >= 0.6 is 0 Å². The lowest BCUT2D eigenvalue weighted by atomic mass is 10.2. The number of aromatic amines is 1. The van der Waals surface area contributed by atoms with Crippen molar-refractivity contribution < 1.29 is 9.90 Å². The van der Waals surface area contributed by atoms with Crippen LogP contribution in [0.5, 0.6) is 0 Å². The van der Waals surface area contributed by atoms with E-state index >= 15 is 0 Å². The zero-order valence-electron chi connectivity index (χ0n) is 6.61. The third-order valence-electron chi connectivity index (χ3n) is 2.12. The van der Waals surface area contributed by atoms with E-state index in [9.17, 15) is 4.79 Å². The number of aliphatic carboxylic acids is 1. The summed E-state index contributed by atoms with van der Waals surface area (Å²) in [4.78, 5) is 12.6. The Hall–Kier alpha value is -1.36. The van der Waals surface area contributed by atoms with Gasteiger partial charge in [0, 0.05) is 12.1 Å². The molecule has 0 fully saturated rings.